The summed E-state index contributed by atoms with van der Waals surface area (Å²) in [7, 11) is -1.40. The molecule has 0 aliphatic carbocycles. The third-order valence-corrected chi connectivity index (χ3v) is 4.65. The molecule has 0 unspecified atom stereocenters. The van der Waals surface area contributed by atoms with Gasteiger partial charge < -0.3 is 5.32 Å². The molecule has 0 saturated heterocycles. The van der Waals surface area contributed by atoms with E-state index >= 15 is 0 Å². The van der Waals surface area contributed by atoms with E-state index in [4.69, 9.17) is 0 Å². The molecule has 2 aromatic rings. The second-order valence-corrected chi connectivity index (χ2v) is 7.29. The van der Waals surface area contributed by atoms with Crippen molar-refractivity contribution in [3.63, 3.8) is 0 Å². The van der Waals surface area contributed by atoms with Crippen molar-refractivity contribution in [1.82, 2.24) is 0 Å². The lowest BCUT2D eigenvalue weighted by Gasteiger charge is -2.08. The highest BCUT2D eigenvalue weighted by Crippen LogP contribution is 2.16. The molecule has 0 bridgehead atoms. The number of anilines is 1. The van der Waals surface area contributed by atoms with Crippen LogP contribution in [-0.2, 0) is 21.3 Å². The van der Waals surface area contributed by atoms with Crippen molar-refractivity contribution in [1.29, 1.82) is 0 Å². The first-order valence-corrected chi connectivity index (χ1v) is 9.02. The van der Waals surface area contributed by atoms with E-state index in [-0.39, 0.29) is 17.2 Å². The fourth-order valence-corrected chi connectivity index (χ4v) is 3.24. The summed E-state index contributed by atoms with van der Waals surface area (Å²) in [5, 5.41) is 2.35. The molecular formula is C18H19F2NO2S. The molecule has 0 radical (unpaired) electrons. The van der Waals surface area contributed by atoms with E-state index in [0.717, 1.165) is 17.7 Å². The summed E-state index contributed by atoms with van der Waals surface area (Å²) < 4.78 is 38.2. The summed E-state index contributed by atoms with van der Waals surface area (Å²) in [6.07, 6.45) is 0. The van der Waals surface area contributed by atoms with Crippen LogP contribution >= 0.6 is 0 Å². The standard InChI is InChI=1S/C18H19F2NO2S/c1-12(2)14-5-3-13(4-6-14)10-24(23)11-18(22)21-17-8-15(19)7-16(20)9-17/h3-9,12H,10-11H2,1-2H3,(H,21,22)/t24-/m0/s1. The summed E-state index contributed by atoms with van der Waals surface area (Å²) in [6, 6.07) is 10.5. The summed E-state index contributed by atoms with van der Waals surface area (Å²) in [5.74, 6) is -1.67. The molecule has 24 heavy (non-hydrogen) atoms. The van der Waals surface area contributed by atoms with Crippen molar-refractivity contribution in [3.8, 4) is 0 Å². The van der Waals surface area contributed by atoms with Crippen LogP contribution in [0.3, 0.4) is 0 Å². The second kappa shape index (κ2) is 8.15. The topological polar surface area (TPSA) is 46.2 Å². The Hall–Kier alpha value is -2.08. The first-order valence-electron chi connectivity index (χ1n) is 7.53. The molecular weight excluding hydrogens is 332 g/mol. The van der Waals surface area contributed by atoms with Gasteiger partial charge in [-0.05, 0) is 29.2 Å². The lowest BCUT2D eigenvalue weighted by Crippen LogP contribution is -2.20. The average molecular weight is 351 g/mol. The van der Waals surface area contributed by atoms with Crippen molar-refractivity contribution in [2.45, 2.75) is 25.5 Å². The molecule has 0 spiro atoms. The number of rotatable bonds is 6. The number of hydrogen-bond acceptors (Lipinski definition) is 2. The molecule has 0 saturated carbocycles. The van der Waals surface area contributed by atoms with E-state index in [1.807, 2.05) is 24.3 Å². The SMILES string of the molecule is CC(C)c1ccc(C[S@](=O)CC(=O)Nc2cc(F)cc(F)c2)cc1. The van der Waals surface area contributed by atoms with Crippen LogP contribution in [0.25, 0.3) is 0 Å². The van der Waals surface area contributed by atoms with Gasteiger partial charge in [-0.3, -0.25) is 9.00 Å². The fourth-order valence-electron chi connectivity index (χ4n) is 2.20. The molecule has 0 aliphatic rings. The molecule has 3 nitrogen and oxygen atoms in total. The first kappa shape index (κ1) is 18.3. The Labute approximate surface area is 142 Å². The molecule has 0 aromatic heterocycles. The third-order valence-electron chi connectivity index (χ3n) is 3.41. The van der Waals surface area contributed by atoms with Gasteiger partial charge in [0.1, 0.15) is 17.4 Å². The third kappa shape index (κ3) is 5.53. The Bertz CT molecular complexity index is 725. The van der Waals surface area contributed by atoms with Gasteiger partial charge in [0.25, 0.3) is 0 Å². The maximum Gasteiger partial charge on any atom is 0.237 e. The Morgan fingerprint density at radius 3 is 2.21 bits per heavy atom. The monoisotopic (exact) mass is 351 g/mol. The number of carbonyl (C=O) groups excluding carboxylic acids is 1. The maximum atomic E-state index is 13.1. The first-order chi connectivity index (χ1) is 11.3. The van der Waals surface area contributed by atoms with Crippen LogP contribution in [0.5, 0.6) is 0 Å². The number of hydrogen-bond donors (Lipinski definition) is 1. The average Bonchev–Trinajstić information content (AvgIpc) is 2.46. The van der Waals surface area contributed by atoms with E-state index in [2.05, 4.69) is 19.2 Å². The van der Waals surface area contributed by atoms with Gasteiger partial charge in [0.2, 0.25) is 5.91 Å². The molecule has 0 fully saturated rings. The predicted molar refractivity (Wildman–Crippen MR) is 92.2 cm³/mol. The van der Waals surface area contributed by atoms with Crippen molar-refractivity contribution >= 4 is 22.4 Å². The summed E-state index contributed by atoms with van der Waals surface area (Å²) in [4.78, 5) is 11.8. The van der Waals surface area contributed by atoms with Crippen LogP contribution in [0, 0.1) is 11.6 Å². The van der Waals surface area contributed by atoms with Crippen molar-refractivity contribution < 1.29 is 17.8 Å². The Morgan fingerprint density at radius 2 is 1.67 bits per heavy atom. The highest BCUT2D eigenvalue weighted by atomic mass is 32.2. The number of amides is 1. The molecule has 1 atom stereocenters. The summed E-state index contributed by atoms with van der Waals surface area (Å²) >= 11 is 0. The van der Waals surface area contributed by atoms with Crippen LogP contribution in [-0.4, -0.2) is 15.9 Å². The minimum absolute atomic E-state index is 0.00999. The van der Waals surface area contributed by atoms with Crippen LogP contribution in [0.15, 0.2) is 42.5 Å². The maximum absolute atomic E-state index is 13.1. The second-order valence-electron chi connectivity index (χ2n) is 5.83. The van der Waals surface area contributed by atoms with Gasteiger partial charge in [0.15, 0.2) is 0 Å². The van der Waals surface area contributed by atoms with Gasteiger partial charge in [-0.2, -0.15) is 0 Å². The number of carbonyl (C=O) groups is 1. The van der Waals surface area contributed by atoms with Crippen LogP contribution in [0.1, 0.15) is 30.9 Å². The van der Waals surface area contributed by atoms with Crippen molar-refractivity contribution in [2.24, 2.45) is 0 Å². The minimum atomic E-state index is -1.40. The van der Waals surface area contributed by atoms with E-state index in [9.17, 15) is 17.8 Å². The van der Waals surface area contributed by atoms with Gasteiger partial charge in [0, 0.05) is 28.3 Å². The summed E-state index contributed by atoms with van der Waals surface area (Å²) in [6.45, 7) is 4.18. The normalized spacial score (nSPS) is 12.2. The van der Waals surface area contributed by atoms with Gasteiger partial charge in [0.05, 0.1) is 0 Å². The minimum Gasteiger partial charge on any atom is -0.325 e. The lowest BCUT2D eigenvalue weighted by atomic mass is 10.0. The Morgan fingerprint density at radius 1 is 1.08 bits per heavy atom. The highest BCUT2D eigenvalue weighted by Gasteiger charge is 2.11. The number of nitrogens with one attached hydrogen (secondary N) is 1. The smallest absolute Gasteiger partial charge is 0.237 e. The van der Waals surface area contributed by atoms with Crippen LogP contribution in [0.2, 0.25) is 0 Å². The van der Waals surface area contributed by atoms with E-state index in [0.29, 0.717) is 12.0 Å². The lowest BCUT2D eigenvalue weighted by molar-refractivity contribution is -0.113. The molecule has 1 amide bonds. The van der Waals surface area contributed by atoms with Gasteiger partial charge >= 0.3 is 0 Å². The zero-order valence-electron chi connectivity index (χ0n) is 13.5. The van der Waals surface area contributed by atoms with Gasteiger partial charge in [-0.15, -0.1) is 0 Å². The molecule has 0 heterocycles. The molecule has 2 rings (SSSR count). The molecule has 0 aliphatic heterocycles. The summed E-state index contributed by atoms with van der Waals surface area (Å²) in [5.41, 5.74) is 2.08. The van der Waals surface area contributed by atoms with E-state index in [1.54, 1.807) is 0 Å². The van der Waals surface area contributed by atoms with Crippen molar-refractivity contribution in [2.75, 3.05) is 11.1 Å². The van der Waals surface area contributed by atoms with Crippen LogP contribution in [0.4, 0.5) is 14.5 Å². The number of halogens is 2. The van der Waals surface area contributed by atoms with Crippen LogP contribution < -0.4 is 5.32 Å². The van der Waals surface area contributed by atoms with E-state index in [1.165, 1.54) is 5.56 Å². The zero-order chi connectivity index (χ0) is 17.7. The fraction of sp³-hybridized carbons (Fsp3) is 0.278. The van der Waals surface area contributed by atoms with E-state index < -0.39 is 28.3 Å². The Kier molecular flexibility index (Phi) is 6.20. The predicted octanol–water partition coefficient (Wildman–Crippen LogP) is 3.98. The zero-order valence-corrected chi connectivity index (χ0v) is 14.3. The molecule has 128 valence electrons. The van der Waals surface area contributed by atoms with Gasteiger partial charge in [-0.1, -0.05) is 38.1 Å². The van der Waals surface area contributed by atoms with Gasteiger partial charge in [-0.25, -0.2) is 8.78 Å². The van der Waals surface area contributed by atoms with Crippen molar-refractivity contribution in [3.05, 3.63) is 65.2 Å². The Balaban J connectivity index is 1.90. The largest absolute Gasteiger partial charge is 0.325 e. The quantitative estimate of drug-likeness (QED) is 0.856. The number of benzene rings is 2. The highest BCUT2D eigenvalue weighted by molar-refractivity contribution is 7.84. The molecule has 6 heteroatoms. The molecule has 2 aromatic carbocycles. The molecule has 1 N–H and O–H groups in total.